The molecule has 0 aliphatic carbocycles. The molecule has 0 radical (unpaired) electrons. The van der Waals surface area contributed by atoms with E-state index in [2.05, 4.69) is 0 Å². The van der Waals surface area contributed by atoms with Crippen molar-refractivity contribution >= 4 is 17.7 Å². The summed E-state index contributed by atoms with van der Waals surface area (Å²) in [4.78, 5) is 1.07. The fraction of sp³-hybridized carbons (Fsp3) is 0.250. The minimum absolute atomic E-state index is 0. The molecule has 0 saturated heterocycles. The molecular weight excluding hydrogens is 158 g/mol. The van der Waals surface area contributed by atoms with Crippen molar-refractivity contribution in [3.8, 4) is 0 Å². The third-order valence-corrected chi connectivity index (χ3v) is 1.69. The summed E-state index contributed by atoms with van der Waals surface area (Å²) < 4.78 is 4.84. The normalized spacial score (nSPS) is 8.82. The Kier molecular flexibility index (Phi) is 4.74. The second kappa shape index (κ2) is 5.04. The summed E-state index contributed by atoms with van der Waals surface area (Å²) in [6.07, 6.45) is 0. The molecule has 0 amide bonds. The van der Waals surface area contributed by atoms with E-state index in [0.717, 1.165) is 10.6 Å². The fourth-order valence-electron chi connectivity index (χ4n) is 0.620. The van der Waals surface area contributed by atoms with Crippen LogP contribution in [-0.2, 0) is 4.18 Å². The largest absolute Gasteiger partial charge is 0.399 e. The first-order valence-corrected chi connectivity index (χ1v) is 3.63. The van der Waals surface area contributed by atoms with Gasteiger partial charge in [-0.15, -0.1) is 0 Å². The van der Waals surface area contributed by atoms with Crippen LogP contribution in [0.15, 0.2) is 29.2 Å². The number of rotatable bonds is 2. The Balaban J connectivity index is 0.000001000. The van der Waals surface area contributed by atoms with Crippen molar-refractivity contribution in [3.05, 3.63) is 24.3 Å². The molecule has 0 unspecified atom stereocenters. The maximum atomic E-state index is 5.47. The molecule has 2 nitrogen and oxygen atoms in total. The van der Waals surface area contributed by atoms with Crippen molar-refractivity contribution < 1.29 is 4.18 Å². The Labute approximate surface area is 72.0 Å². The SMILES string of the molecule is C.COSc1ccc(N)cc1. The zero-order valence-corrected chi connectivity index (χ0v) is 6.52. The lowest BCUT2D eigenvalue weighted by molar-refractivity contribution is 0.490. The van der Waals surface area contributed by atoms with Gasteiger partial charge in [-0.1, -0.05) is 7.43 Å². The second-order valence-electron chi connectivity index (χ2n) is 1.82. The minimum atomic E-state index is 0. The molecule has 0 atom stereocenters. The van der Waals surface area contributed by atoms with Crippen molar-refractivity contribution in [2.75, 3.05) is 12.8 Å². The standard InChI is InChI=1S/C7H9NOS.CH4/c1-9-10-7-4-2-6(8)3-5-7;/h2-5H,8H2,1H3;1H4. The molecule has 0 bridgehead atoms. The molecule has 0 aromatic heterocycles. The van der Waals surface area contributed by atoms with Crippen LogP contribution in [0.1, 0.15) is 7.43 Å². The first-order valence-electron chi connectivity index (χ1n) is 2.89. The van der Waals surface area contributed by atoms with Gasteiger partial charge in [-0.2, -0.15) is 0 Å². The second-order valence-corrected chi connectivity index (χ2v) is 2.79. The predicted molar refractivity (Wildman–Crippen MR) is 50.5 cm³/mol. The van der Waals surface area contributed by atoms with Crippen LogP contribution in [-0.4, -0.2) is 7.11 Å². The Hall–Kier alpha value is -0.670. The van der Waals surface area contributed by atoms with E-state index in [1.54, 1.807) is 7.11 Å². The van der Waals surface area contributed by atoms with E-state index in [-0.39, 0.29) is 7.43 Å². The maximum Gasteiger partial charge on any atom is 0.0508 e. The molecular formula is C8H13NOS. The maximum absolute atomic E-state index is 5.47. The molecule has 0 saturated carbocycles. The lowest BCUT2D eigenvalue weighted by atomic mass is 10.3. The molecule has 2 N–H and O–H groups in total. The summed E-state index contributed by atoms with van der Waals surface area (Å²) in [5.74, 6) is 0. The molecule has 1 aromatic rings. The highest BCUT2D eigenvalue weighted by Gasteiger charge is 1.89. The molecule has 62 valence electrons. The first kappa shape index (κ1) is 10.3. The molecule has 0 spiro atoms. The van der Waals surface area contributed by atoms with Crippen molar-refractivity contribution in [3.63, 3.8) is 0 Å². The highest BCUT2D eigenvalue weighted by atomic mass is 32.2. The van der Waals surface area contributed by atoms with Crippen molar-refractivity contribution in [1.29, 1.82) is 0 Å². The first-order chi connectivity index (χ1) is 4.83. The van der Waals surface area contributed by atoms with Crippen LogP contribution >= 0.6 is 12.0 Å². The third kappa shape index (κ3) is 3.30. The minimum Gasteiger partial charge on any atom is -0.399 e. The van der Waals surface area contributed by atoms with Crippen LogP contribution in [0.3, 0.4) is 0 Å². The molecule has 1 aromatic carbocycles. The fourth-order valence-corrected chi connectivity index (χ4v) is 1.06. The van der Waals surface area contributed by atoms with E-state index >= 15 is 0 Å². The van der Waals surface area contributed by atoms with Gasteiger partial charge in [0, 0.05) is 22.6 Å². The Morgan fingerprint density at radius 3 is 2.27 bits per heavy atom. The average Bonchev–Trinajstić information content (AvgIpc) is 1.95. The summed E-state index contributed by atoms with van der Waals surface area (Å²) >= 11 is 1.33. The van der Waals surface area contributed by atoms with E-state index in [1.807, 2.05) is 24.3 Å². The molecule has 3 heteroatoms. The number of hydrogen-bond acceptors (Lipinski definition) is 3. The quantitative estimate of drug-likeness (QED) is 0.548. The van der Waals surface area contributed by atoms with Crippen molar-refractivity contribution in [2.45, 2.75) is 12.3 Å². The summed E-state index contributed by atoms with van der Waals surface area (Å²) in [7, 11) is 1.64. The number of anilines is 1. The van der Waals surface area contributed by atoms with Gasteiger partial charge in [0.15, 0.2) is 0 Å². The molecule has 0 fully saturated rings. The average molecular weight is 171 g/mol. The summed E-state index contributed by atoms with van der Waals surface area (Å²) in [5, 5.41) is 0. The Morgan fingerprint density at radius 1 is 1.27 bits per heavy atom. The van der Waals surface area contributed by atoms with Crippen LogP contribution in [0.5, 0.6) is 0 Å². The van der Waals surface area contributed by atoms with Crippen molar-refractivity contribution in [2.24, 2.45) is 0 Å². The van der Waals surface area contributed by atoms with Crippen LogP contribution in [0, 0.1) is 0 Å². The Morgan fingerprint density at radius 2 is 1.82 bits per heavy atom. The summed E-state index contributed by atoms with van der Waals surface area (Å²) in [6, 6.07) is 7.54. The van der Waals surface area contributed by atoms with Crippen LogP contribution in [0.25, 0.3) is 0 Å². The molecule has 0 aliphatic heterocycles. The third-order valence-electron chi connectivity index (χ3n) is 1.06. The lowest BCUT2D eigenvalue weighted by Gasteiger charge is -1.96. The smallest absolute Gasteiger partial charge is 0.0508 e. The van der Waals surface area contributed by atoms with E-state index in [9.17, 15) is 0 Å². The van der Waals surface area contributed by atoms with E-state index in [0.29, 0.717) is 0 Å². The number of hydrogen-bond donors (Lipinski definition) is 1. The van der Waals surface area contributed by atoms with Crippen molar-refractivity contribution in [1.82, 2.24) is 0 Å². The van der Waals surface area contributed by atoms with Gasteiger partial charge in [0.2, 0.25) is 0 Å². The van der Waals surface area contributed by atoms with E-state index < -0.39 is 0 Å². The highest BCUT2D eigenvalue weighted by Crippen LogP contribution is 2.18. The van der Waals surface area contributed by atoms with Gasteiger partial charge >= 0.3 is 0 Å². The van der Waals surface area contributed by atoms with Gasteiger partial charge in [0.1, 0.15) is 0 Å². The zero-order valence-electron chi connectivity index (χ0n) is 5.70. The van der Waals surface area contributed by atoms with Gasteiger partial charge in [-0.05, 0) is 24.3 Å². The monoisotopic (exact) mass is 171 g/mol. The topological polar surface area (TPSA) is 35.2 Å². The van der Waals surface area contributed by atoms with E-state index in [4.69, 9.17) is 9.92 Å². The molecule has 0 heterocycles. The predicted octanol–water partition coefficient (Wildman–Crippen LogP) is 2.56. The Bertz CT molecular complexity index is 198. The van der Waals surface area contributed by atoms with Gasteiger partial charge in [0.05, 0.1) is 7.11 Å². The summed E-state index contributed by atoms with van der Waals surface area (Å²) in [6.45, 7) is 0. The number of nitrogens with two attached hydrogens (primary N) is 1. The van der Waals surface area contributed by atoms with Gasteiger partial charge in [0.25, 0.3) is 0 Å². The summed E-state index contributed by atoms with van der Waals surface area (Å²) in [5.41, 5.74) is 6.25. The van der Waals surface area contributed by atoms with Crippen LogP contribution in [0.2, 0.25) is 0 Å². The molecule has 11 heavy (non-hydrogen) atoms. The van der Waals surface area contributed by atoms with Gasteiger partial charge < -0.3 is 9.92 Å². The number of nitrogen functional groups attached to an aromatic ring is 1. The zero-order chi connectivity index (χ0) is 7.40. The van der Waals surface area contributed by atoms with E-state index in [1.165, 1.54) is 12.0 Å². The lowest BCUT2D eigenvalue weighted by Crippen LogP contribution is -1.82. The highest BCUT2D eigenvalue weighted by molar-refractivity contribution is 7.94. The van der Waals surface area contributed by atoms with Crippen LogP contribution < -0.4 is 5.73 Å². The van der Waals surface area contributed by atoms with Gasteiger partial charge in [-0.25, -0.2) is 0 Å². The molecule has 0 aliphatic rings. The molecule has 1 rings (SSSR count). The van der Waals surface area contributed by atoms with Gasteiger partial charge in [-0.3, -0.25) is 0 Å². The van der Waals surface area contributed by atoms with Crippen LogP contribution in [0.4, 0.5) is 5.69 Å². The number of benzene rings is 1.